The van der Waals surface area contributed by atoms with Gasteiger partial charge >= 0.3 is 11.8 Å². The zero-order valence-corrected chi connectivity index (χ0v) is 24.3. The van der Waals surface area contributed by atoms with Crippen LogP contribution in [0.15, 0.2) is 53.3 Å². The first kappa shape index (κ1) is 29.5. The van der Waals surface area contributed by atoms with Crippen molar-refractivity contribution in [1.29, 1.82) is 0 Å². The number of carbonyl (C=O) groups is 3. The van der Waals surface area contributed by atoms with Gasteiger partial charge in [0.2, 0.25) is 11.8 Å². The van der Waals surface area contributed by atoms with Crippen LogP contribution in [0.5, 0.6) is 0 Å². The quantitative estimate of drug-likeness (QED) is 0.369. The third-order valence-corrected chi connectivity index (χ3v) is 8.14. The number of fused-ring (bicyclic) bond motifs is 1. The number of nitrogens with one attached hydrogen (secondary N) is 1. The molecule has 0 bridgehead atoms. The summed E-state index contributed by atoms with van der Waals surface area (Å²) in [5, 5.41) is 2.35. The molecule has 3 amide bonds. The van der Waals surface area contributed by atoms with Gasteiger partial charge in [-0.3, -0.25) is 28.9 Å². The Balaban J connectivity index is 1.09. The molecule has 2 fully saturated rings. The number of hydrogen-bond acceptors (Lipinski definition) is 7. The number of piperidine rings is 1. The molecule has 2 saturated heterocycles. The van der Waals surface area contributed by atoms with E-state index in [1.54, 1.807) is 23.6 Å². The summed E-state index contributed by atoms with van der Waals surface area (Å²) < 4.78 is 14.5. The number of hydrogen-bond donors (Lipinski definition) is 1. The number of morpholine rings is 1. The Bertz CT molecular complexity index is 1480. The maximum atomic E-state index is 13.0. The number of ether oxygens (including phenoxy) is 2. The first-order valence-corrected chi connectivity index (χ1v) is 14.6. The van der Waals surface area contributed by atoms with E-state index in [9.17, 15) is 19.2 Å². The lowest BCUT2D eigenvalue weighted by Crippen LogP contribution is -2.44. The van der Waals surface area contributed by atoms with Crippen LogP contribution in [0, 0.1) is 0 Å². The third kappa shape index (κ3) is 6.91. The molecule has 3 heterocycles. The minimum atomic E-state index is -0.682. The largest absolute Gasteiger partial charge is 0.445 e. The number of carbonyl (C=O) groups excluding carboxylic acids is 3. The van der Waals surface area contributed by atoms with Gasteiger partial charge in [0.05, 0.1) is 23.7 Å². The van der Waals surface area contributed by atoms with E-state index in [-0.39, 0.29) is 36.8 Å². The Hall–Kier alpha value is -3.96. The predicted octanol–water partition coefficient (Wildman–Crippen LogP) is 2.61. The molecule has 0 aliphatic carbocycles. The highest BCUT2D eigenvalue weighted by molar-refractivity contribution is 6.00. The molecule has 2 aliphatic heterocycles. The van der Waals surface area contributed by atoms with Crippen LogP contribution in [-0.4, -0.2) is 82.8 Å². The van der Waals surface area contributed by atoms with Crippen LogP contribution >= 0.6 is 0 Å². The van der Waals surface area contributed by atoms with Gasteiger partial charge in [0.1, 0.15) is 12.6 Å². The molecular weight excluding hydrogens is 538 g/mol. The van der Waals surface area contributed by atoms with Crippen LogP contribution in [0.2, 0.25) is 0 Å². The fourth-order valence-electron chi connectivity index (χ4n) is 5.72. The van der Waals surface area contributed by atoms with E-state index in [0.717, 1.165) is 55.5 Å². The number of benzene rings is 2. The molecule has 0 radical (unpaired) electrons. The molecule has 0 spiro atoms. The molecule has 1 unspecified atom stereocenters. The molecule has 2 aromatic carbocycles. The molecule has 0 saturated carbocycles. The second-order valence-electron chi connectivity index (χ2n) is 11.1. The molecular formula is C31H39N5O6. The normalized spacial score (nSPS) is 19.6. The van der Waals surface area contributed by atoms with Crippen molar-refractivity contribution in [2.45, 2.75) is 50.9 Å². The molecule has 11 heteroatoms. The van der Waals surface area contributed by atoms with E-state index in [0.29, 0.717) is 25.1 Å². The summed E-state index contributed by atoms with van der Waals surface area (Å²) in [5.41, 5.74) is 3.30. The lowest BCUT2D eigenvalue weighted by atomic mass is 10.0. The Labute approximate surface area is 245 Å². The molecule has 11 nitrogen and oxygen atoms in total. The van der Waals surface area contributed by atoms with Crippen molar-refractivity contribution >= 4 is 28.9 Å². The fourth-order valence-corrected chi connectivity index (χ4v) is 5.72. The standard InChI is InChI=1S/C31H39N5O6/c1-33(31(40)42-21-23-7-4-3-5-8-23)16-14-24-20-35(17-18-41-24)15-6-9-22-10-11-25-27(19-22)34(2)30(39)36(25)26-12-13-28(37)32-29(26)38/h3-5,7-8,10-11,19,24,26H,6,9,12-18,20-21H2,1-2H3,(H,32,37,38)/t24-,26?/m1/s1. The summed E-state index contributed by atoms with van der Waals surface area (Å²) in [6, 6.07) is 14.9. The number of aromatic nitrogens is 2. The fraction of sp³-hybridized carbons (Fsp3) is 0.484. The average molecular weight is 578 g/mol. The lowest BCUT2D eigenvalue weighted by molar-refractivity contribution is -0.135. The number of aryl methyl sites for hydroxylation is 2. The highest BCUT2D eigenvalue weighted by atomic mass is 16.6. The van der Waals surface area contributed by atoms with E-state index in [2.05, 4.69) is 10.2 Å². The molecule has 1 aromatic heterocycles. The van der Waals surface area contributed by atoms with Crippen LogP contribution in [0.4, 0.5) is 4.79 Å². The van der Waals surface area contributed by atoms with Gasteiger partial charge in [-0.25, -0.2) is 9.59 Å². The predicted molar refractivity (Wildman–Crippen MR) is 157 cm³/mol. The van der Waals surface area contributed by atoms with Crippen LogP contribution in [-0.2, 0) is 39.1 Å². The Morgan fingerprint density at radius 2 is 1.90 bits per heavy atom. The van der Waals surface area contributed by atoms with Gasteiger partial charge in [-0.15, -0.1) is 0 Å². The smallest absolute Gasteiger partial charge is 0.409 e. The SMILES string of the molecule is CN(CC[C@@H]1CN(CCCc2ccc3c(c2)n(C)c(=O)n3C2CCC(=O)NC2=O)CCO1)C(=O)OCc1ccccc1. The first-order chi connectivity index (χ1) is 20.3. The van der Waals surface area contributed by atoms with Gasteiger partial charge in [0, 0.05) is 40.2 Å². The molecule has 5 rings (SSSR count). The van der Waals surface area contributed by atoms with E-state index in [1.807, 2.05) is 48.5 Å². The summed E-state index contributed by atoms with van der Waals surface area (Å²) in [7, 11) is 3.46. The first-order valence-electron chi connectivity index (χ1n) is 14.6. The number of nitrogens with zero attached hydrogens (tertiary/aromatic N) is 4. The van der Waals surface area contributed by atoms with E-state index < -0.39 is 11.9 Å². The van der Waals surface area contributed by atoms with Crippen molar-refractivity contribution in [3.8, 4) is 0 Å². The van der Waals surface area contributed by atoms with Crippen molar-refractivity contribution in [3.63, 3.8) is 0 Å². The number of imidazole rings is 1. The van der Waals surface area contributed by atoms with Gasteiger partial charge in [-0.05, 0) is 55.5 Å². The van der Waals surface area contributed by atoms with Crippen LogP contribution in [0.3, 0.4) is 0 Å². The van der Waals surface area contributed by atoms with Crippen molar-refractivity contribution in [2.24, 2.45) is 7.05 Å². The molecule has 2 aliphatic rings. The number of imide groups is 1. The second kappa shape index (κ2) is 13.3. The van der Waals surface area contributed by atoms with Gasteiger partial charge in [0.25, 0.3) is 0 Å². The number of rotatable bonds is 10. The van der Waals surface area contributed by atoms with Crippen LogP contribution in [0.1, 0.15) is 42.9 Å². The van der Waals surface area contributed by atoms with Gasteiger partial charge in [0.15, 0.2) is 0 Å². The minimum absolute atomic E-state index is 0.0565. The van der Waals surface area contributed by atoms with Gasteiger partial charge in [-0.1, -0.05) is 36.4 Å². The molecule has 42 heavy (non-hydrogen) atoms. The van der Waals surface area contributed by atoms with Crippen molar-refractivity contribution < 1.29 is 23.9 Å². The summed E-state index contributed by atoms with van der Waals surface area (Å²) in [5.74, 6) is -0.728. The van der Waals surface area contributed by atoms with E-state index >= 15 is 0 Å². The van der Waals surface area contributed by atoms with Crippen LogP contribution in [0.25, 0.3) is 11.0 Å². The lowest BCUT2D eigenvalue weighted by Gasteiger charge is -2.33. The van der Waals surface area contributed by atoms with E-state index in [4.69, 9.17) is 9.47 Å². The molecule has 224 valence electrons. The van der Waals surface area contributed by atoms with Gasteiger partial charge < -0.3 is 14.4 Å². The molecule has 3 aromatic rings. The summed E-state index contributed by atoms with van der Waals surface area (Å²) in [6.45, 7) is 4.08. The maximum Gasteiger partial charge on any atom is 0.409 e. The van der Waals surface area contributed by atoms with Gasteiger partial charge in [-0.2, -0.15) is 0 Å². The minimum Gasteiger partial charge on any atom is -0.445 e. The Kier molecular flexibility index (Phi) is 9.38. The highest BCUT2D eigenvalue weighted by Gasteiger charge is 2.31. The Morgan fingerprint density at radius 1 is 1.10 bits per heavy atom. The second-order valence-corrected chi connectivity index (χ2v) is 11.1. The molecule has 1 N–H and O–H groups in total. The highest BCUT2D eigenvalue weighted by Crippen LogP contribution is 2.24. The Morgan fingerprint density at radius 3 is 2.69 bits per heavy atom. The topological polar surface area (TPSA) is 115 Å². The van der Waals surface area contributed by atoms with Crippen LogP contribution < -0.4 is 11.0 Å². The summed E-state index contributed by atoms with van der Waals surface area (Å²) in [4.78, 5) is 53.4. The zero-order chi connectivity index (χ0) is 29.6. The summed E-state index contributed by atoms with van der Waals surface area (Å²) >= 11 is 0. The zero-order valence-electron chi connectivity index (χ0n) is 24.3. The molecule has 2 atom stereocenters. The van der Waals surface area contributed by atoms with Crippen molar-refractivity contribution in [2.75, 3.05) is 39.8 Å². The number of amides is 3. The van der Waals surface area contributed by atoms with Crippen molar-refractivity contribution in [1.82, 2.24) is 24.3 Å². The average Bonchev–Trinajstić information content (AvgIpc) is 3.24. The monoisotopic (exact) mass is 577 g/mol. The van der Waals surface area contributed by atoms with E-state index in [1.165, 1.54) is 4.57 Å². The maximum absolute atomic E-state index is 13.0. The third-order valence-electron chi connectivity index (χ3n) is 8.14. The van der Waals surface area contributed by atoms with Crippen molar-refractivity contribution in [3.05, 3.63) is 70.1 Å². The summed E-state index contributed by atoms with van der Waals surface area (Å²) in [6.07, 6.45) is 2.80.